The largest absolute Gasteiger partial charge is 0.484 e. The van der Waals surface area contributed by atoms with Crippen molar-refractivity contribution in [2.45, 2.75) is 26.6 Å². The molecule has 0 saturated heterocycles. The minimum absolute atomic E-state index is 0.0404. The molecule has 2 aromatic carbocycles. The number of hydrogen-bond donors (Lipinski definition) is 1. The lowest BCUT2D eigenvalue weighted by atomic mass is 10.0. The lowest BCUT2D eigenvalue weighted by Gasteiger charge is -2.11. The van der Waals surface area contributed by atoms with E-state index in [1.54, 1.807) is 29.7 Å². The molecule has 0 saturated carbocycles. The van der Waals surface area contributed by atoms with Gasteiger partial charge < -0.3 is 10.1 Å². The highest BCUT2D eigenvalue weighted by molar-refractivity contribution is 5.94. The van der Waals surface area contributed by atoms with Crippen molar-refractivity contribution >= 4 is 11.6 Å². The van der Waals surface area contributed by atoms with Gasteiger partial charge >= 0.3 is 6.18 Å². The summed E-state index contributed by atoms with van der Waals surface area (Å²) < 4.78 is 57.9. The van der Waals surface area contributed by atoms with Crippen LogP contribution in [0, 0.1) is 19.7 Å². The van der Waals surface area contributed by atoms with Crippen LogP contribution in [0.4, 0.5) is 17.6 Å². The van der Waals surface area contributed by atoms with E-state index in [9.17, 15) is 22.4 Å². The number of imidazole rings is 1. The first-order chi connectivity index (χ1) is 16.1. The third-order valence-electron chi connectivity index (χ3n) is 5.23. The van der Waals surface area contributed by atoms with Gasteiger partial charge in [-0.25, -0.2) is 9.37 Å². The van der Waals surface area contributed by atoms with E-state index in [1.165, 1.54) is 30.3 Å². The summed E-state index contributed by atoms with van der Waals surface area (Å²) in [7, 11) is 0. The number of ether oxygens (including phenoxy) is 1. The molecule has 0 fully saturated rings. The summed E-state index contributed by atoms with van der Waals surface area (Å²) in [6.07, 6.45) is -2.65. The molecular formula is C25H21F4N3O2. The molecule has 9 heteroatoms. The molecule has 176 valence electrons. The van der Waals surface area contributed by atoms with Gasteiger partial charge in [-0.3, -0.25) is 9.20 Å². The van der Waals surface area contributed by atoms with Gasteiger partial charge in [0.25, 0.3) is 5.91 Å². The first-order valence-corrected chi connectivity index (χ1v) is 10.4. The minimum atomic E-state index is -4.43. The fourth-order valence-corrected chi connectivity index (χ4v) is 3.60. The van der Waals surface area contributed by atoms with Crippen LogP contribution in [0.2, 0.25) is 0 Å². The highest BCUT2D eigenvalue weighted by Gasteiger charge is 2.28. The zero-order valence-electron chi connectivity index (χ0n) is 18.4. The number of carbonyl (C=O) groups excluding carboxylic acids is 1. The summed E-state index contributed by atoms with van der Waals surface area (Å²) >= 11 is 0. The number of alkyl halides is 3. The van der Waals surface area contributed by atoms with Gasteiger partial charge in [0.05, 0.1) is 5.69 Å². The molecule has 0 bridgehead atoms. The molecule has 0 unspecified atom stereocenters. The highest BCUT2D eigenvalue weighted by atomic mass is 19.4. The van der Waals surface area contributed by atoms with Crippen molar-refractivity contribution in [1.29, 1.82) is 0 Å². The lowest BCUT2D eigenvalue weighted by molar-refractivity contribution is -0.153. The van der Waals surface area contributed by atoms with Crippen molar-refractivity contribution in [1.82, 2.24) is 14.7 Å². The molecule has 0 aliphatic heterocycles. The van der Waals surface area contributed by atoms with E-state index < -0.39 is 18.6 Å². The van der Waals surface area contributed by atoms with Crippen LogP contribution in [0.1, 0.15) is 27.3 Å². The van der Waals surface area contributed by atoms with Gasteiger partial charge in [-0.1, -0.05) is 24.3 Å². The van der Waals surface area contributed by atoms with Crippen LogP contribution in [0.3, 0.4) is 0 Å². The summed E-state index contributed by atoms with van der Waals surface area (Å²) in [4.78, 5) is 17.2. The highest BCUT2D eigenvalue weighted by Crippen LogP contribution is 2.27. The van der Waals surface area contributed by atoms with Crippen molar-refractivity contribution in [3.05, 3.63) is 89.1 Å². The predicted molar refractivity (Wildman–Crippen MR) is 119 cm³/mol. The molecule has 0 radical (unpaired) electrons. The summed E-state index contributed by atoms with van der Waals surface area (Å²) in [5.41, 5.74) is 4.04. The predicted octanol–water partition coefficient (Wildman–Crippen LogP) is 5.63. The number of amides is 1. The summed E-state index contributed by atoms with van der Waals surface area (Å²) in [5, 5.41) is 2.79. The zero-order chi connectivity index (χ0) is 24.5. The van der Waals surface area contributed by atoms with Crippen molar-refractivity contribution in [3.63, 3.8) is 0 Å². The number of carbonyl (C=O) groups is 1. The average molecular weight is 471 g/mol. The second-order valence-corrected chi connectivity index (χ2v) is 7.90. The molecule has 0 spiro atoms. The van der Waals surface area contributed by atoms with Gasteiger partial charge in [0.15, 0.2) is 6.61 Å². The SMILES string of the molecule is Cc1ccn2c(C(=O)NCc3ccc(-c4ccc(OCC(F)(F)F)cc4)c(F)c3)c(C)nc2c1. The van der Waals surface area contributed by atoms with E-state index in [1.807, 2.05) is 19.1 Å². The summed E-state index contributed by atoms with van der Waals surface area (Å²) in [5.74, 6) is -0.802. The Hall–Kier alpha value is -3.88. The number of hydrogen-bond acceptors (Lipinski definition) is 3. The van der Waals surface area contributed by atoms with E-state index in [4.69, 9.17) is 0 Å². The van der Waals surface area contributed by atoms with Crippen LogP contribution in [-0.4, -0.2) is 28.1 Å². The maximum absolute atomic E-state index is 14.7. The van der Waals surface area contributed by atoms with Gasteiger partial charge in [-0.05, 0) is 60.9 Å². The molecule has 0 aliphatic rings. The fraction of sp³-hybridized carbons (Fsp3) is 0.200. The second-order valence-electron chi connectivity index (χ2n) is 7.90. The van der Waals surface area contributed by atoms with Crippen LogP contribution in [0.5, 0.6) is 5.75 Å². The molecule has 34 heavy (non-hydrogen) atoms. The Labute approximate surface area is 193 Å². The monoisotopic (exact) mass is 471 g/mol. The maximum Gasteiger partial charge on any atom is 0.422 e. The van der Waals surface area contributed by atoms with E-state index in [0.29, 0.717) is 28.2 Å². The quantitative estimate of drug-likeness (QED) is 0.371. The van der Waals surface area contributed by atoms with Crippen molar-refractivity contribution in [2.75, 3.05) is 6.61 Å². The molecule has 1 amide bonds. The molecule has 2 aromatic heterocycles. The first kappa shape index (κ1) is 23.3. The van der Waals surface area contributed by atoms with Crippen molar-refractivity contribution < 1.29 is 27.1 Å². The number of fused-ring (bicyclic) bond motifs is 1. The number of benzene rings is 2. The smallest absolute Gasteiger partial charge is 0.422 e. The Morgan fingerprint density at radius 3 is 2.47 bits per heavy atom. The molecule has 5 nitrogen and oxygen atoms in total. The third-order valence-corrected chi connectivity index (χ3v) is 5.23. The van der Waals surface area contributed by atoms with Crippen molar-refractivity contribution in [3.8, 4) is 16.9 Å². The van der Waals surface area contributed by atoms with Crippen LogP contribution in [-0.2, 0) is 6.54 Å². The maximum atomic E-state index is 14.7. The van der Waals surface area contributed by atoms with Gasteiger partial charge in [0.1, 0.15) is 22.9 Å². The summed E-state index contributed by atoms with van der Waals surface area (Å²) in [6.45, 7) is 2.41. The van der Waals surface area contributed by atoms with Crippen LogP contribution in [0.15, 0.2) is 60.8 Å². The Morgan fingerprint density at radius 1 is 1.06 bits per heavy atom. The van der Waals surface area contributed by atoms with E-state index in [-0.39, 0.29) is 23.8 Å². The fourth-order valence-electron chi connectivity index (χ4n) is 3.60. The number of rotatable bonds is 6. The molecule has 1 N–H and O–H groups in total. The number of pyridine rings is 1. The number of nitrogens with one attached hydrogen (secondary N) is 1. The van der Waals surface area contributed by atoms with Gasteiger partial charge in [0, 0.05) is 18.3 Å². The van der Waals surface area contributed by atoms with E-state index in [2.05, 4.69) is 15.0 Å². The molecule has 0 aliphatic carbocycles. The molecule has 4 aromatic rings. The van der Waals surface area contributed by atoms with Gasteiger partial charge in [0.2, 0.25) is 0 Å². The lowest BCUT2D eigenvalue weighted by Crippen LogP contribution is -2.25. The summed E-state index contributed by atoms with van der Waals surface area (Å²) in [6, 6.07) is 14.0. The Bertz CT molecular complexity index is 1350. The van der Waals surface area contributed by atoms with Gasteiger partial charge in [-0.2, -0.15) is 13.2 Å². The topological polar surface area (TPSA) is 55.6 Å². The minimum Gasteiger partial charge on any atom is -0.484 e. The Morgan fingerprint density at radius 2 is 1.79 bits per heavy atom. The number of aromatic nitrogens is 2. The van der Waals surface area contributed by atoms with Gasteiger partial charge in [-0.15, -0.1) is 0 Å². The first-order valence-electron chi connectivity index (χ1n) is 10.4. The molecule has 2 heterocycles. The zero-order valence-corrected chi connectivity index (χ0v) is 18.4. The second kappa shape index (κ2) is 9.17. The van der Waals surface area contributed by atoms with Crippen LogP contribution in [0.25, 0.3) is 16.8 Å². The van der Waals surface area contributed by atoms with Crippen LogP contribution >= 0.6 is 0 Å². The Kier molecular flexibility index (Phi) is 6.28. The number of halogens is 4. The molecule has 4 rings (SSSR count). The van der Waals surface area contributed by atoms with E-state index in [0.717, 1.165) is 5.56 Å². The normalized spacial score (nSPS) is 11.6. The molecular weight excluding hydrogens is 450 g/mol. The number of nitrogens with zero attached hydrogens (tertiary/aromatic N) is 2. The van der Waals surface area contributed by atoms with E-state index >= 15 is 0 Å². The Balaban J connectivity index is 1.44. The van der Waals surface area contributed by atoms with Crippen LogP contribution < -0.4 is 10.1 Å². The molecule has 0 atom stereocenters. The third kappa shape index (κ3) is 5.19. The average Bonchev–Trinajstić information content (AvgIpc) is 3.11. The number of aryl methyl sites for hydroxylation is 2. The standard InChI is InChI=1S/C25H21F4N3O2/c1-15-9-10-32-22(11-15)31-16(2)23(32)24(33)30-13-17-3-8-20(21(26)12-17)18-4-6-19(7-5-18)34-14-25(27,28)29/h3-12H,13-14H2,1-2H3,(H,30,33). The van der Waals surface area contributed by atoms with Crippen molar-refractivity contribution in [2.24, 2.45) is 0 Å².